The van der Waals surface area contributed by atoms with Crippen molar-refractivity contribution < 1.29 is 4.79 Å². The van der Waals surface area contributed by atoms with Gasteiger partial charge in [-0.2, -0.15) is 0 Å². The SMILES string of the molecule is CN(Cc1cccc(Br)c1)C(=O)c1c[nH]c(=O)cn1. The van der Waals surface area contributed by atoms with Gasteiger partial charge in [0.15, 0.2) is 0 Å². The van der Waals surface area contributed by atoms with Gasteiger partial charge in [0, 0.05) is 24.3 Å². The lowest BCUT2D eigenvalue weighted by Crippen LogP contribution is -2.27. The van der Waals surface area contributed by atoms with E-state index in [9.17, 15) is 9.59 Å². The molecule has 19 heavy (non-hydrogen) atoms. The molecule has 2 rings (SSSR count). The average Bonchev–Trinajstić information content (AvgIpc) is 2.39. The first-order chi connectivity index (χ1) is 9.06. The molecule has 98 valence electrons. The van der Waals surface area contributed by atoms with Crippen LogP contribution in [-0.4, -0.2) is 27.8 Å². The molecule has 0 fully saturated rings. The van der Waals surface area contributed by atoms with E-state index >= 15 is 0 Å². The van der Waals surface area contributed by atoms with Crippen LogP contribution in [0.2, 0.25) is 0 Å². The lowest BCUT2D eigenvalue weighted by atomic mass is 10.2. The molecule has 1 heterocycles. The number of nitrogens with zero attached hydrogens (tertiary/aromatic N) is 2. The molecule has 1 N–H and O–H groups in total. The van der Waals surface area contributed by atoms with Crippen molar-refractivity contribution in [2.24, 2.45) is 0 Å². The average molecular weight is 322 g/mol. The Balaban J connectivity index is 2.11. The predicted octanol–water partition coefficient (Wildman–Crippen LogP) is 1.80. The number of benzene rings is 1. The van der Waals surface area contributed by atoms with Crippen LogP contribution < -0.4 is 5.56 Å². The predicted molar refractivity (Wildman–Crippen MR) is 74.8 cm³/mol. The first kappa shape index (κ1) is 13.5. The number of hydrogen-bond donors (Lipinski definition) is 1. The molecule has 0 aliphatic heterocycles. The molecule has 0 aliphatic rings. The van der Waals surface area contributed by atoms with E-state index < -0.39 is 0 Å². The minimum Gasteiger partial charge on any atom is -0.336 e. The molecule has 1 amide bonds. The molecule has 0 radical (unpaired) electrons. The second kappa shape index (κ2) is 5.79. The van der Waals surface area contributed by atoms with Gasteiger partial charge in [0.25, 0.3) is 11.5 Å². The Hall–Kier alpha value is -1.95. The lowest BCUT2D eigenvalue weighted by molar-refractivity contribution is 0.0778. The van der Waals surface area contributed by atoms with E-state index in [1.807, 2.05) is 24.3 Å². The number of nitrogens with one attached hydrogen (secondary N) is 1. The summed E-state index contributed by atoms with van der Waals surface area (Å²) in [4.78, 5) is 30.8. The third-order valence-electron chi connectivity index (χ3n) is 2.55. The van der Waals surface area contributed by atoms with Gasteiger partial charge in [-0.3, -0.25) is 9.59 Å². The molecule has 0 saturated heterocycles. The third kappa shape index (κ3) is 3.51. The molecule has 5 nitrogen and oxygen atoms in total. The number of aromatic amines is 1. The van der Waals surface area contributed by atoms with E-state index in [1.165, 1.54) is 6.20 Å². The number of carbonyl (C=O) groups is 1. The standard InChI is InChI=1S/C13H12BrN3O2/c1-17(8-9-3-2-4-10(14)5-9)13(19)11-6-16-12(18)7-15-11/h2-7H,8H2,1H3,(H,16,18). The number of amides is 1. The maximum absolute atomic E-state index is 12.1. The first-order valence-electron chi connectivity index (χ1n) is 5.61. The normalized spacial score (nSPS) is 10.2. The van der Waals surface area contributed by atoms with Crippen LogP contribution in [0, 0.1) is 0 Å². The van der Waals surface area contributed by atoms with Crippen LogP contribution in [0.25, 0.3) is 0 Å². The number of halogens is 1. The van der Waals surface area contributed by atoms with Gasteiger partial charge in [-0.05, 0) is 17.7 Å². The Kier molecular flexibility index (Phi) is 4.11. The summed E-state index contributed by atoms with van der Waals surface area (Å²) in [5, 5.41) is 0. The fourth-order valence-corrected chi connectivity index (χ4v) is 2.08. The number of H-pyrrole nitrogens is 1. The summed E-state index contributed by atoms with van der Waals surface area (Å²) in [6.07, 6.45) is 2.42. The van der Waals surface area contributed by atoms with Gasteiger partial charge < -0.3 is 9.88 Å². The lowest BCUT2D eigenvalue weighted by Gasteiger charge is -2.16. The molecule has 0 spiro atoms. The summed E-state index contributed by atoms with van der Waals surface area (Å²) in [5.41, 5.74) is 0.901. The zero-order chi connectivity index (χ0) is 13.8. The van der Waals surface area contributed by atoms with Crippen molar-refractivity contribution in [3.05, 3.63) is 62.7 Å². The van der Waals surface area contributed by atoms with Gasteiger partial charge in [-0.25, -0.2) is 4.98 Å². The quantitative estimate of drug-likeness (QED) is 0.937. The highest BCUT2D eigenvalue weighted by Gasteiger charge is 2.13. The number of aromatic nitrogens is 2. The van der Waals surface area contributed by atoms with Gasteiger partial charge in [0.1, 0.15) is 5.69 Å². The van der Waals surface area contributed by atoms with Crippen molar-refractivity contribution in [1.29, 1.82) is 0 Å². The van der Waals surface area contributed by atoms with Crippen LogP contribution in [0.5, 0.6) is 0 Å². The highest BCUT2D eigenvalue weighted by atomic mass is 79.9. The van der Waals surface area contributed by atoms with Crippen molar-refractivity contribution in [3.63, 3.8) is 0 Å². The zero-order valence-electron chi connectivity index (χ0n) is 10.3. The van der Waals surface area contributed by atoms with Crippen molar-refractivity contribution in [1.82, 2.24) is 14.9 Å². The molecular formula is C13H12BrN3O2. The second-order valence-corrected chi connectivity index (χ2v) is 5.00. The van der Waals surface area contributed by atoms with Crippen LogP contribution >= 0.6 is 15.9 Å². The van der Waals surface area contributed by atoms with Gasteiger partial charge in [0.2, 0.25) is 0 Å². The van der Waals surface area contributed by atoms with E-state index in [0.29, 0.717) is 6.54 Å². The molecule has 0 saturated carbocycles. The Morgan fingerprint density at radius 3 is 2.89 bits per heavy atom. The highest BCUT2D eigenvalue weighted by molar-refractivity contribution is 9.10. The maximum Gasteiger partial charge on any atom is 0.274 e. The monoisotopic (exact) mass is 321 g/mol. The van der Waals surface area contributed by atoms with Crippen LogP contribution in [0.3, 0.4) is 0 Å². The fourth-order valence-electron chi connectivity index (χ4n) is 1.64. The highest BCUT2D eigenvalue weighted by Crippen LogP contribution is 2.13. The van der Waals surface area contributed by atoms with E-state index in [4.69, 9.17) is 0 Å². The Labute approximate surface area is 118 Å². The van der Waals surface area contributed by atoms with Gasteiger partial charge in [0.05, 0.1) is 6.20 Å². The molecule has 0 bridgehead atoms. The minimum absolute atomic E-state index is 0.220. The van der Waals surface area contributed by atoms with Crippen molar-refractivity contribution in [3.8, 4) is 0 Å². The molecule has 0 aliphatic carbocycles. The fraction of sp³-hybridized carbons (Fsp3) is 0.154. The molecule has 1 aromatic carbocycles. The van der Waals surface area contributed by atoms with Crippen LogP contribution in [0.15, 0.2) is 45.9 Å². The number of carbonyl (C=O) groups excluding carboxylic acids is 1. The molecule has 6 heteroatoms. The van der Waals surface area contributed by atoms with Gasteiger partial charge >= 0.3 is 0 Å². The van der Waals surface area contributed by atoms with Crippen LogP contribution in [-0.2, 0) is 6.54 Å². The summed E-state index contributed by atoms with van der Waals surface area (Å²) >= 11 is 3.39. The summed E-state index contributed by atoms with van der Waals surface area (Å²) in [5.74, 6) is -0.240. The topological polar surface area (TPSA) is 66.1 Å². The van der Waals surface area contributed by atoms with E-state index in [0.717, 1.165) is 16.2 Å². The molecular weight excluding hydrogens is 310 g/mol. The second-order valence-electron chi connectivity index (χ2n) is 4.09. The van der Waals surface area contributed by atoms with Crippen molar-refractivity contribution in [2.75, 3.05) is 7.05 Å². The Bertz CT molecular complexity index is 634. The number of rotatable bonds is 3. The minimum atomic E-state index is -0.328. The van der Waals surface area contributed by atoms with E-state index in [-0.39, 0.29) is 17.2 Å². The largest absolute Gasteiger partial charge is 0.336 e. The van der Waals surface area contributed by atoms with E-state index in [2.05, 4.69) is 25.9 Å². The van der Waals surface area contributed by atoms with E-state index in [1.54, 1.807) is 11.9 Å². The Morgan fingerprint density at radius 2 is 2.26 bits per heavy atom. The molecule has 1 aromatic heterocycles. The summed E-state index contributed by atoms with van der Waals surface area (Å²) in [7, 11) is 1.69. The maximum atomic E-state index is 12.1. The Morgan fingerprint density at radius 1 is 1.47 bits per heavy atom. The van der Waals surface area contributed by atoms with Crippen LogP contribution in [0.4, 0.5) is 0 Å². The van der Waals surface area contributed by atoms with Gasteiger partial charge in [-0.1, -0.05) is 28.1 Å². The molecule has 0 unspecified atom stereocenters. The molecule has 2 aromatic rings. The summed E-state index contributed by atoms with van der Waals surface area (Å²) in [6.45, 7) is 0.471. The van der Waals surface area contributed by atoms with Gasteiger partial charge in [-0.15, -0.1) is 0 Å². The first-order valence-corrected chi connectivity index (χ1v) is 6.40. The van der Waals surface area contributed by atoms with Crippen molar-refractivity contribution >= 4 is 21.8 Å². The summed E-state index contributed by atoms with van der Waals surface area (Å²) < 4.78 is 0.966. The smallest absolute Gasteiger partial charge is 0.274 e. The zero-order valence-corrected chi connectivity index (χ0v) is 11.8. The van der Waals surface area contributed by atoms with Crippen LogP contribution in [0.1, 0.15) is 16.1 Å². The summed E-state index contributed by atoms with van der Waals surface area (Å²) in [6, 6.07) is 7.73. The number of hydrogen-bond acceptors (Lipinski definition) is 3. The van der Waals surface area contributed by atoms with Crippen molar-refractivity contribution in [2.45, 2.75) is 6.54 Å². The molecule has 0 atom stereocenters. The third-order valence-corrected chi connectivity index (χ3v) is 3.04.